The molecule has 0 aliphatic heterocycles. The third-order valence-corrected chi connectivity index (χ3v) is 1.29. The van der Waals surface area contributed by atoms with Crippen molar-refractivity contribution >= 4 is 5.97 Å². The summed E-state index contributed by atoms with van der Waals surface area (Å²) < 4.78 is 0. The highest BCUT2D eigenvalue weighted by atomic mass is 16.4. The minimum atomic E-state index is -0.901. The van der Waals surface area contributed by atoms with E-state index in [-0.39, 0.29) is 0 Å². The molecule has 0 saturated heterocycles. The standard InChI is InChI=1S/C8H13NO2/c1-4-7(3)9-5-6(2)8(10)11/h4-5,9H,1-3H3,(H,10,11)/b6-5+,7-4+. The van der Waals surface area contributed by atoms with Gasteiger partial charge in [0.2, 0.25) is 0 Å². The second-order valence-electron chi connectivity index (χ2n) is 2.25. The summed E-state index contributed by atoms with van der Waals surface area (Å²) in [6, 6.07) is 0. The van der Waals surface area contributed by atoms with Gasteiger partial charge in [-0.05, 0) is 20.8 Å². The van der Waals surface area contributed by atoms with Crippen LogP contribution in [0.4, 0.5) is 0 Å². The topological polar surface area (TPSA) is 49.3 Å². The fraction of sp³-hybridized carbons (Fsp3) is 0.375. The van der Waals surface area contributed by atoms with Gasteiger partial charge in [0.25, 0.3) is 0 Å². The molecule has 0 aromatic rings. The second-order valence-corrected chi connectivity index (χ2v) is 2.25. The van der Waals surface area contributed by atoms with Crippen molar-refractivity contribution < 1.29 is 9.90 Å². The van der Waals surface area contributed by atoms with Gasteiger partial charge >= 0.3 is 5.97 Å². The summed E-state index contributed by atoms with van der Waals surface area (Å²) in [4.78, 5) is 10.3. The smallest absolute Gasteiger partial charge is 0.332 e. The molecule has 3 heteroatoms. The van der Waals surface area contributed by atoms with Gasteiger partial charge in [-0.1, -0.05) is 6.08 Å². The quantitative estimate of drug-likeness (QED) is 0.607. The van der Waals surface area contributed by atoms with E-state index >= 15 is 0 Å². The summed E-state index contributed by atoms with van der Waals surface area (Å²) in [6.45, 7) is 5.29. The molecular weight excluding hydrogens is 142 g/mol. The van der Waals surface area contributed by atoms with Crippen LogP contribution in [0.3, 0.4) is 0 Å². The molecule has 0 aromatic carbocycles. The van der Waals surface area contributed by atoms with Crippen LogP contribution in [-0.4, -0.2) is 11.1 Å². The average Bonchev–Trinajstić information content (AvgIpc) is 1.99. The molecule has 0 amide bonds. The molecule has 0 saturated carbocycles. The zero-order chi connectivity index (χ0) is 8.85. The first-order chi connectivity index (χ1) is 5.07. The lowest BCUT2D eigenvalue weighted by Gasteiger charge is -1.98. The van der Waals surface area contributed by atoms with Crippen LogP contribution >= 0.6 is 0 Å². The van der Waals surface area contributed by atoms with Crippen molar-refractivity contribution in [3.05, 3.63) is 23.5 Å². The van der Waals surface area contributed by atoms with Crippen LogP contribution in [0.5, 0.6) is 0 Å². The van der Waals surface area contributed by atoms with E-state index < -0.39 is 5.97 Å². The normalized spacial score (nSPS) is 13.0. The molecule has 0 bridgehead atoms. The van der Waals surface area contributed by atoms with E-state index in [0.29, 0.717) is 5.57 Å². The zero-order valence-corrected chi connectivity index (χ0v) is 7.01. The Morgan fingerprint density at radius 1 is 1.45 bits per heavy atom. The van der Waals surface area contributed by atoms with Gasteiger partial charge in [-0.2, -0.15) is 0 Å². The SMILES string of the molecule is C/C=C(\C)N/C=C(\C)C(=O)O. The number of rotatable bonds is 3. The summed E-state index contributed by atoms with van der Waals surface area (Å²) in [5, 5.41) is 11.3. The Kier molecular flexibility index (Phi) is 4.03. The first kappa shape index (κ1) is 9.75. The number of hydrogen-bond acceptors (Lipinski definition) is 2. The highest BCUT2D eigenvalue weighted by Crippen LogP contribution is 1.91. The lowest BCUT2D eigenvalue weighted by Crippen LogP contribution is -2.05. The lowest BCUT2D eigenvalue weighted by molar-refractivity contribution is -0.132. The van der Waals surface area contributed by atoms with Gasteiger partial charge in [-0.15, -0.1) is 0 Å². The molecular formula is C8H13NO2. The molecule has 0 fully saturated rings. The van der Waals surface area contributed by atoms with Crippen molar-refractivity contribution in [2.75, 3.05) is 0 Å². The van der Waals surface area contributed by atoms with Crippen LogP contribution < -0.4 is 5.32 Å². The largest absolute Gasteiger partial charge is 0.478 e. The Labute approximate surface area is 66.4 Å². The van der Waals surface area contributed by atoms with Crippen molar-refractivity contribution in [1.82, 2.24) is 5.32 Å². The van der Waals surface area contributed by atoms with Crippen LogP contribution in [0.25, 0.3) is 0 Å². The van der Waals surface area contributed by atoms with Gasteiger partial charge in [-0.25, -0.2) is 4.79 Å². The van der Waals surface area contributed by atoms with Gasteiger partial charge in [-0.3, -0.25) is 0 Å². The molecule has 2 N–H and O–H groups in total. The fourth-order valence-corrected chi connectivity index (χ4v) is 0.367. The van der Waals surface area contributed by atoms with Crippen LogP contribution in [-0.2, 0) is 4.79 Å². The second kappa shape index (κ2) is 4.55. The fourth-order valence-electron chi connectivity index (χ4n) is 0.367. The predicted molar refractivity (Wildman–Crippen MR) is 44.0 cm³/mol. The van der Waals surface area contributed by atoms with Crippen molar-refractivity contribution in [2.24, 2.45) is 0 Å². The maximum absolute atomic E-state index is 10.3. The minimum Gasteiger partial charge on any atom is -0.478 e. The number of carboxylic acids is 1. The van der Waals surface area contributed by atoms with Gasteiger partial charge in [0.05, 0.1) is 0 Å². The van der Waals surface area contributed by atoms with Crippen LogP contribution in [0, 0.1) is 0 Å². The summed E-state index contributed by atoms with van der Waals surface area (Å²) in [7, 11) is 0. The maximum atomic E-state index is 10.3. The number of nitrogens with one attached hydrogen (secondary N) is 1. The van der Waals surface area contributed by atoms with E-state index in [1.54, 1.807) is 0 Å². The molecule has 11 heavy (non-hydrogen) atoms. The summed E-state index contributed by atoms with van der Waals surface area (Å²) in [5.74, 6) is -0.901. The molecule has 62 valence electrons. The van der Waals surface area contributed by atoms with Crippen molar-refractivity contribution in [3.8, 4) is 0 Å². The van der Waals surface area contributed by atoms with Crippen LogP contribution in [0.2, 0.25) is 0 Å². The first-order valence-corrected chi connectivity index (χ1v) is 3.37. The lowest BCUT2D eigenvalue weighted by atomic mass is 10.3. The highest BCUT2D eigenvalue weighted by molar-refractivity contribution is 5.85. The average molecular weight is 155 g/mol. The van der Waals surface area contributed by atoms with Crippen LogP contribution in [0.15, 0.2) is 23.5 Å². The van der Waals surface area contributed by atoms with Crippen LogP contribution in [0.1, 0.15) is 20.8 Å². The molecule has 0 unspecified atom stereocenters. The predicted octanol–water partition coefficient (Wildman–Crippen LogP) is 1.49. The van der Waals surface area contributed by atoms with Gasteiger partial charge in [0, 0.05) is 17.5 Å². The number of aliphatic carboxylic acids is 1. The van der Waals surface area contributed by atoms with E-state index in [1.807, 2.05) is 19.9 Å². The Morgan fingerprint density at radius 3 is 2.36 bits per heavy atom. The summed E-state index contributed by atoms with van der Waals surface area (Å²) in [5.41, 5.74) is 1.23. The Morgan fingerprint density at radius 2 is 2.00 bits per heavy atom. The molecule has 0 aromatic heterocycles. The first-order valence-electron chi connectivity index (χ1n) is 3.37. The number of allylic oxidation sites excluding steroid dienone is 2. The molecule has 3 nitrogen and oxygen atoms in total. The molecule has 0 aliphatic carbocycles. The molecule has 0 heterocycles. The van der Waals surface area contributed by atoms with Crippen molar-refractivity contribution in [2.45, 2.75) is 20.8 Å². The molecule has 0 atom stereocenters. The van der Waals surface area contributed by atoms with Gasteiger partial charge in [0.15, 0.2) is 0 Å². The van der Waals surface area contributed by atoms with E-state index in [1.165, 1.54) is 13.1 Å². The Hall–Kier alpha value is -1.25. The third-order valence-electron chi connectivity index (χ3n) is 1.29. The minimum absolute atomic E-state index is 0.297. The van der Waals surface area contributed by atoms with Crippen molar-refractivity contribution in [1.29, 1.82) is 0 Å². The molecule has 0 radical (unpaired) electrons. The van der Waals surface area contributed by atoms with E-state index in [2.05, 4.69) is 5.32 Å². The Balaban J connectivity index is 4.03. The molecule has 0 rings (SSSR count). The Bertz CT molecular complexity index is 204. The monoisotopic (exact) mass is 155 g/mol. The zero-order valence-electron chi connectivity index (χ0n) is 7.01. The van der Waals surface area contributed by atoms with E-state index in [9.17, 15) is 4.79 Å². The highest BCUT2D eigenvalue weighted by Gasteiger charge is 1.96. The maximum Gasteiger partial charge on any atom is 0.332 e. The number of carboxylic acid groups (broad SMARTS) is 1. The summed E-state index contributed by atoms with van der Waals surface area (Å²) >= 11 is 0. The molecule has 0 spiro atoms. The van der Waals surface area contributed by atoms with Gasteiger partial charge in [0.1, 0.15) is 0 Å². The van der Waals surface area contributed by atoms with E-state index in [0.717, 1.165) is 5.70 Å². The van der Waals surface area contributed by atoms with E-state index in [4.69, 9.17) is 5.11 Å². The summed E-state index contributed by atoms with van der Waals surface area (Å²) in [6.07, 6.45) is 3.34. The van der Waals surface area contributed by atoms with Gasteiger partial charge < -0.3 is 10.4 Å². The van der Waals surface area contributed by atoms with Crippen molar-refractivity contribution in [3.63, 3.8) is 0 Å². The molecule has 0 aliphatic rings. The third kappa shape index (κ3) is 4.19. The number of hydrogen-bond donors (Lipinski definition) is 2. The number of carbonyl (C=O) groups is 1.